The van der Waals surface area contributed by atoms with Crippen molar-refractivity contribution < 1.29 is 4.92 Å². The molecule has 0 aliphatic rings. The zero-order valence-corrected chi connectivity index (χ0v) is 9.35. The number of nitrogens with zero attached hydrogens (tertiary/aromatic N) is 2. The number of hydrogen-bond donors (Lipinski definition) is 0. The molecule has 5 heteroatoms. The first-order chi connectivity index (χ1) is 7.24. The zero-order valence-electron chi connectivity index (χ0n) is 7.64. The van der Waals surface area contributed by atoms with Gasteiger partial charge in [-0.25, -0.2) is 0 Å². The van der Waals surface area contributed by atoms with Crippen LogP contribution in [0.25, 0.3) is 0 Å². The maximum atomic E-state index is 10.3. The molecule has 15 heavy (non-hydrogen) atoms. The third kappa shape index (κ3) is 3.83. The van der Waals surface area contributed by atoms with Crippen molar-refractivity contribution in [1.82, 2.24) is 0 Å². The van der Waals surface area contributed by atoms with Crippen LogP contribution in [0.4, 0.5) is 5.69 Å². The van der Waals surface area contributed by atoms with Gasteiger partial charge < -0.3 is 0 Å². The van der Waals surface area contributed by atoms with Crippen molar-refractivity contribution in [3.63, 3.8) is 0 Å². The van der Waals surface area contributed by atoms with E-state index in [1.807, 2.05) is 6.07 Å². The summed E-state index contributed by atoms with van der Waals surface area (Å²) in [5, 5.41) is 19.1. The fraction of sp³-hybridized carbons (Fsp3) is 0.100. The second-order valence-corrected chi connectivity index (χ2v) is 4.12. The van der Waals surface area contributed by atoms with Crippen LogP contribution in [0.5, 0.6) is 0 Å². The number of non-ortho nitro benzene ring substituents is 1. The fourth-order valence-electron chi connectivity index (χ4n) is 0.830. The predicted molar refractivity (Wildman–Crippen MR) is 56.1 cm³/mol. The van der Waals surface area contributed by atoms with E-state index in [2.05, 4.69) is 10.7 Å². The zero-order chi connectivity index (χ0) is 11.1. The molecule has 0 atom stereocenters. The van der Waals surface area contributed by atoms with Gasteiger partial charge in [-0.3, -0.25) is 0 Å². The Hall–Kier alpha value is -1.81. The molecule has 0 bridgehead atoms. The van der Waals surface area contributed by atoms with Gasteiger partial charge >= 0.3 is 92.9 Å². The quantitative estimate of drug-likeness (QED) is 0.268. The van der Waals surface area contributed by atoms with Gasteiger partial charge in [-0.15, -0.1) is 0 Å². The van der Waals surface area contributed by atoms with E-state index in [0.29, 0.717) is 5.32 Å². The molecule has 0 heterocycles. The molecule has 0 N–H and O–H groups in total. The van der Waals surface area contributed by atoms with Crippen molar-refractivity contribution in [2.75, 3.05) is 0 Å². The minimum absolute atomic E-state index is 0.0104. The summed E-state index contributed by atoms with van der Waals surface area (Å²) in [6.07, 6.45) is 0. The molecular weight excluding hydrogens is 259 g/mol. The van der Waals surface area contributed by atoms with Crippen LogP contribution in [0, 0.1) is 32.2 Å². The Morgan fingerprint density at radius 1 is 1.40 bits per heavy atom. The number of nitriles is 1. The van der Waals surface area contributed by atoms with Crippen molar-refractivity contribution in [2.24, 2.45) is 0 Å². The van der Waals surface area contributed by atoms with Gasteiger partial charge in [0.25, 0.3) is 0 Å². The summed E-state index contributed by atoms with van der Waals surface area (Å²) in [7, 11) is 0. The monoisotopic (exact) mass is 266 g/mol. The van der Waals surface area contributed by atoms with Crippen molar-refractivity contribution >= 4 is 20.6 Å². The second-order valence-electron chi connectivity index (χ2n) is 2.48. The number of rotatable bonds is 2. The summed E-state index contributed by atoms with van der Waals surface area (Å²) in [6.45, 7) is 0. The van der Waals surface area contributed by atoms with E-state index in [0.717, 1.165) is 5.56 Å². The molecule has 0 aliphatic carbocycles. The van der Waals surface area contributed by atoms with Crippen LogP contribution in [0.1, 0.15) is 5.56 Å². The first-order valence-corrected chi connectivity index (χ1v) is 6.05. The standard InChI is InChI=1S/C10H6N2O2Se/c11-6-8-15-7-5-9-1-3-10(4-2-9)12(13)14/h1-4H,8H2. The van der Waals surface area contributed by atoms with Gasteiger partial charge in [-0.1, -0.05) is 0 Å². The summed E-state index contributed by atoms with van der Waals surface area (Å²) in [6, 6.07) is 8.06. The number of benzene rings is 1. The Bertz CT molecular complexity index is 451. The van der Waals surface area contributed by atoms with E-state index in [1.54, 1.807) is 12.1 Å². The van der Waals surface area contributed by atoms with Crippen molar-refractivity contribution in [3.8, 4) is 16.8 Å². The van der Waals surface area contributed by atoms with Crippen LogP contribution in [-0.4, -0.2) is 19.9 Å². The average molecular weight is 265 g/mol. The summed E-state index contributed by atoms with van der Waals surface area (Å²) in [4.78, 5) is 12.8. The van der Waals surface area contributed by atoms with Crippen LogP contribution >= 0.6 is 0 Å². The van der Waals surface area contributed by atoms with Gasteiger partial charge in [0.2, 0.25) is 0 Å². The van der Waals surface area contributed by atoms with E-state index >= 15 is 0 Å². The molecule has 0 amide bonds. The normalized spacial score (nSPS) is 8.47. The van der Waals surface area contributed by atoms with Crippen molar-refractivity contribution in [2.45, 2.75) is 5.32 Å². The molecule has 1 aromatic rings. The molecular formula is C10H6N2O2Se. The molecule has 0 aliphatic heterocycles. The minimum atomic E-state index is -0.448. The molecule has 0 fully saturated rings. The Morgan fingerprint density at radius 3 is 2.60 bits per heavy atom. The maximum absolute atomic E-state index is 10.3. The van der Waals surface area contributed by atoms with Gasteiger partial charge in [0, 0.05) is 0 Å². The van der Waals surface area contributed by atoms with E-state index in [9.17, 15) is 10.1 Å². The van der Waals surface area contributed by atoms with Crippen LogP contribution in [-0.2, 0) is 0 Å². The first-order valence-electron chi connectivity index (χ1n) is 3.98. The number of hydrogen-bond acceptors (Lipinski definition) is 3. The molecule has 74 valence electrons. The van der Waals surface area contributed by atoms with Crippen LogP contribution in [0.15, 0.2) is 24.3 Å². The molecule has 0 saturated carbocycles. The SMILES string of the molecule is N#CC[Se]C#Cc1ccc([N+](=O)[O-])cc1. The predicted octanol–water partition coefficient (Wildman–Crippen LogP) is 1.55. The Morgan fingerprint density at radius 2 is 2.07 bits per heavy atom. The van der Waals surface area contributed by atoms with Gasteiger partial charge in [0.15, 0.2) is 0 Å². The van der Waals surface area contributed by atoms with Crippen molar-refractivity contribution in [1.29, 1.82) is 5.26 Å². The Kier molecular flexibility index (Phi) is 4.37. The van der Waals surface area contributed by atoms with E-state index < -0.39 is 4.92 Å². The third-order valence-electron chi connectivity index (χ3n) is 1.48. The summed E-state index contributed by atoms with van der Waals surface area (Å²) >= 11 is 0.0104. The second kappa shape index (κ2) is 5.82. The first kappa shape index (κ1) is 11.3. The Balaban J connectivity index is 2.68. The summed E-state index contributed by atoms with van der Waals surface area (Å²) < 4.78 is 0. The van der Waals surface area contributed by atoms with Crippen LogP contribution in [0.2, 0.25) is 5.32 Å². The molecule has 0 unspecified atom stereocenters. The topological polar surface area (TPSA) is 66.9 Å². The third-order valence-corrected chi connectivity index (χ3v) is 2.57. The Labute approximate surface area is 93.2 Å². The number of nitro groups is 1. The summed E-state index contributed by atoms with van der Waals surface area (Å²) in [5.74, 6) is 2.85. The molecule has 4 nitrogen and oxygen atoms in total. The van der Waals surface area contributed by atoms with Crippen LogP contribution < -0.4 is 0 Å². The summed E-state index contributed by atoms with van der Waals surface area (Å²) in [5.41, 5.74) is 0.795. The average Bonchev–Trinajstić information content (AvgIpc) is 2.25. The molecule has 1 aromatic carbocycles. The van der Waals surface area contributed by atoms with E-state index in [1.165, 1.54) is 12.1 Å². The molecule has 1 rings (SSSR count). The molecule has 0 saturated heterocycles. The fourth-order valence-corrected chi connectivity index (χ4v) is 1.52. The van der Waals surface area contributed by atoms with Gasteiger partial charge in [-0.05, 0) is 0 Å². The van der Waals surface area contributed by atoms with E-state index in [-0.39, 0.29) is 20.6 Å². The van der Waals surface area contributed by atoms with Gasteiger partial charge in [0.1, 0.15) is 0 Å². The molecule has 0 radical (unpaired) electrons. The van der Waals surface area contributed by atoms with Gasteiger partial charge in [-0.2, -0.15) is 0 Å². The van der Waals surface area contributed by atoms with Gasteiger partial charge in [0.05, 0.1) is 0 Å². The number of nitro benzene ring substituents is 1. The van der Waals surface area contributed by atoms with Crippen LogP contribution in [0.3, 0.4) is 0 Å². The van der Waals surface area contributed by atoms with Crippen molar-refractivity contribution in [3.05, 3.63) is 39.9 Å². The van der Waals surface area contributed by atoms with E-state index in [4.69, 9.17) is 5.26 Å². The molecule has 0 spiro atoms. The molecule has 0 aromatic heterocycles.